The molecule has 8 heteroatoms. The van der Waals surface area contributed by atoms with Crippen molar-refractivity contribution in [2.75, 3.05) is 0 Å². The first-order chi connectivity index (χ1) is 11.1. The molecular formula is C16H12N3NaO4. The summed E-state index contributed by atoms with van der Waals surface area (Å²) >= 11 is 0. The van der Waals surface area contributed by atoms with Crippen LogP contribution in [0.5, 0.6) is 11.5 Å². The molecular weight excluding hydrogens is 321 g/mol. The second-order valence-electron chi connectivity index (χ2n) is 4.78. The first-order valence-electron chi connectivity index (χ1n) is 6.66. The number of rotatable bonds is 3. The third-order valence-corrected chi connectivity index (χ3v) is 3.31. The zero-order chi connectivity index (χ0) is 16.4. The monoisotopic (exact) mass is 333 g/mol. The van der Waals surface area contributed by atoms with Gasteiger partial charge in [-0.25, -0.2) is 0 Å². The summed E-state index contributed by atoms with van der Waals surface area (Å²) < 4.78 is 0. The van der Waals surface area contributed by atoms with Gasteiger partial charge in [0.1, 0.15) is 22.9 Å². The van der Waals surface area contributed by atoms with Crippen LogP contribution >= 0.6 is 0 Å². The molecule has 3 rings (SSSR count). The summed E-state index contributed by atoms with van der Waals surface area (Å²) in [7, 11) is 0. The van der Waals surface area contributed by atoms with Crippen molar-refractivity contribution in [1.82, 2.24) is 0 Å². The van der Waals surface area contributed by atoms with Crippen molar-refractivity contribution in [3.05, 3.63) is 64.7 Å². The van der Waals surface area contributed by atoms with E-state index in [0.29, 0.717) is 5.39 Å². The van der Waals surface area contributed by atoms with Crippen LogP contribution < -0.4 is 0 Å². The molecule has 0 saturated carbocycles. The predicted molar refractivity (Wildman–Crippen MR) is 91.7 cm³/mol. The molecule has 0 atom stereocenters. The van der Waals surface area contributed by atoms with Gasteiger partial charge in [0.15, 0.2) is 0 Å². The van der Waals surface area contributed by atoms with E-state index >= 15 is 0 Å². The Morgan fingerprint density at radius 1 is 0.917 bits per heavy atom. The molecule has 7 nitrogen and oxygen atoms in total. The molecule has 116 valence electrons. The van der Waals surface area contributed by atoms with Crippen LogP contribution in [0.15, 0.2) is 64.8 Å². The fraction of sp³-hybridized carbons (Fsp3) is 0. The summed E-state index contributed by atoms with van der Waals surface area (Å²) in [6.45, 7) is 0. The number of benzene rings is 3. The molecule has 0 aliphatic rings. The number of aromatic hydroxyl groups is 2. The van der Waals surface area contributed by atoms with Crippen LogP contribution in [0.2, 0.25) is 0 Å². The molecule has 0 aliphatic heterocycles. The van der Waals surface area contributed by atoms with E-state index < -0.39 is 4.92 Å². The summed E-state index contributed by atoms with van der Waals surface area (Å²) in [4.78, 5) is 10.2. The van der Waals surface area contributed by atoms with Crippen LogP contribution in [-0.4, -0.2) is 44.7 Å². The number of phenols is 2. The molecule has 3 aromatic carbocycles. The topological polar surface area (TPSA) is 108 Å². The first-order valence-corrected chi connectivity index (χ1v) is 6.66. The van der Waals surface area contributed by atoms with Gasteiger partial charge >= 0.3 is 29.6 Å². The van der Waals surface area contributed by atoms with E-state index in [-0.39, 0.29) is 58.1 Å². The number of non-ortho nitro benzene ring substituents is 1. The minimum atomic E-state index is -0.589. The maximum absolute atomic E-state index is 10.8. The van der Waals surface area contributed by atoms with Gasteiger partial charge in [-0.15, -0.1) is 10.2 Å². The fourth-order valence-electron chi connectivity index (χ4n) is 2.16. The van der Waals surface area contributed by atoms with Crippen molar-refractivity contribution in [3.63, 3.8) is 0 Å². The Morgan fingerprint density at radius 2 is 1.62 bits per heavy atom. The number of nitro benzene ring substituents is 1. The van der Waals surface area contributed by atoms with Gasteiger partial charge < -0.3 is 10.2 Å². The standard InChI is InChI=1S/C16H11N3O4.Na.H/c20-14-8-6-11(19(22)23)9-13(14)17-18-16-12-4-2-1-3-10(12)5-7-15(16)21;;/h1-9,20-21H;;. The van der Waals surface area contributed by atoms with Crippen LogP contribution in [0.4, 0.5) is 17.1 Å². The number of hydrogen-bond donors (Lipinski definition) is 2. The number of nitrogens with zero attached hydrogens (tertiary/aromatic N) is 3. The molecule has 0 bridgehead atoms. The average Bonchev–Trinajstić information content (AvgIpc) is 2.55. The first kappa shape index (κ1) is 17.9. The van der Waals surface area contributed by atoms with Gasteiger partial charge in [-0.05, 0) is 17.5 Å². The third kappa shape index (κ3) is 3.53. The second-order valence-corrected chi connectivity index (χ2v) is 4.78. The van der Waals surface area contributed by atoms with Crippen LogP contribution in [-0.2, 0) is 0 Å². The SMILES string of the molecule is O=[N+]([O-])c1ccc(O)c(N=Nc2c(O)ccc3ccccc23)c1.[NaH]. The quantitative estimate of drug-likeness (QED) is 0.327. The van der Waals surface area contributed by atoms with E-state index in [2.05, 4.69) is 10.2 Å². The molecule has 0 amide bonds. The van der Waals surface area contributed by atoms with E-state index in [1.54, 1.807) is 18.2 Å². The Labute approximate surface area is 158 Å². The van der Waals surface area contributed by atoms with Crippen molar-refractivity contribution in [1.29, 1.82) is 0 Å². The summed E-state index contributed by atoms with van der Waals surface area (Å²) in [5.41, 5.74) is -0.0283. The summed E-state index contributed by atoms with van der Waals surface area (Å²) in [5, 5.41) is 39.8. The zero-order valence-corrected chi connectivity index (χ0v) is 11.7. The van der Waals surface area contributed by atoms with Gasteiger partial charge in [-0.3, -0.25) is 10.1 Å². The zero-order valence-electron chi connectivity index (χ0n) is 11.7. The number of hydrogen-bond acceptors (Lipinski definition) is 6. The number of fused-ring (bicyclic) bond motifs is 1. The molecule has 24 heavy (non-hydrogen) atoms. The van der Waals surface area contributed by atoms with E-state index in [1.807, 2.05) is 12.1 Å². The van der Waals surface area contributed by atoms with Gasteiger partial charge in [0, 0.05) is 17.5 Å². The Hall–Kier alpha value is -2.48. The van der Waals surface area contributed by atoms with Gasteiger partial charge in [-0.2, -0.15) is 0 Å². The molecule has 0 fully saturated rings. The Balaban J connectivity index is 0.00000208. The summed E-state index contributed by atoms with van der Waals surface area (Å²) in [5.74, 6) is -0.309. The fourth-order valence-corrected chi connectivity index (χ4v) is 2.16. The molecule has 0 aromatic heterocycles. The van der Waals surface area contributed by atoms with E-state index in [0.717, 1.165) is 11.5 Å². The van der Waals surface area contributed by atoms with Crippen molar-refractivity contribution in [2.45, 2.75) is 0 Å². The Morgan fingerprint density at radius 3 is 2.38 bits per heavy atom. The van der Waals surface area contributed by atoms with Gasteiger partial charge in [-0.1, -0.05) is 30.3 Å². The maximum atomic E-state index is 10.8. The normalized spacial score (nSPS) is 10.7. The van der Waals surface area contributed by atoms with E-state index in [1.165, 1.54) is 18.2 Å². The van der Waals surface area contributed by atoms with Crippen LogP contribution in [0.1, 0.15) is 0 Å². The molecule has 3 aromatic rings. The average molecular weight is 333 g/mol. The Bertz CT molecular complexity index is 944. The molecule has 0 heterocycles. The number of phenolic OH excluding ortho intramolecular Hbond substituents is 2. The molecule has 0 unspecified atom stereocenters. The van der Waals surface area contributed by atoms with Crippen molar-refractivity contribution >= 4 is 57.4 Å². The molecule has 2 N–H and O–H groups in total. The molecule has 0 radical (unpaired) electrons. The minimum absolute atomic E-state index is 0. The summed E-state index contributed by atoms with van der Waals surface area (Å²) in [6.07, 6.45) is 0. The number of azo groups is 1. The number of nitro groups is 1. The molecule has 0 saturated heterocycles. The van der Waals surface area contributed by atoms with Crippen LogP contribution in [0.3, 0.4) is 0 Å². The summed E-state index contributed by atoms with van der Waals surface area (Å²) in [6, 6.07) is 14.0. The van der Waals surface area contributed by atoms with Crippen molar-refractivity contribution < 1.29 is 15.1 Å². The van der Waals surface area contributed by atoms with Gasteiger partial charge in [0.25, 0.3) is 5.69 Å². The third-order valence-electron chi connectivity index (χ3n) is 3.31. The molecule has 0 spiro atoms. The molecule has 0 aliphatic carbocycles. The van der Waals surface area contributed by atoms with E-state index in [4.69, 9.17) is 0 Å². The Kier molecular flexibility index (Phi) is 5.50. The van der Waals surface area contributed by atoms with E-state index in [9.17, 15) is 20.3 Å². The predicted octanol–water partition coefficient (Wildman–Crippen LogP) is 3.93. The van der Waals surface area contributed by atoms with Crippen LogP contribution in [0, 0.1) is 10.1 Å². The van der Waals surface area contributed by atoms with Gasteiger partial charge in [0.2, 0.25) is 0 Å². The van der Waals surface area contributed by atoms with Gasteiger partial charge in [0.05, 0.1) is 4.92 Å². The van der Waals surface area contributed by atoms with Crippen molar-refractivity contribution in [2.24, 2.45) is 10.2 Å². The second kappa shape index (κ2) is 7.39. The van der Waals surface area contributed by atoms with Crippen LogP contribution in [0.25, 0.3) is 10.8 Å². The van der Waals surface area contributed by atoms with Crippen molar-refractivity contribution in [3.8, 4) is 11.5 Å².